The molecule has 0 bridgehead atoms. The van der Waals surface area contributed by atoms with Gasteiger partial charge in [0.25, 0.3) is 5.91 Å². The quantitative estimate of drug-likeness (QED) is 0.483. The number of thioether (sulfide) groups is 1. The number of hydrogen-bond donors (Lipinski definition) is 2. The van der Waals surface area contributed by atoms with Crippen LogP contribution in [0.3, 0.4) is 0 Å². The standard InChI is InChI=1S/C13H18N2O2S/c14-15-13(16)12(10-5-2-1-3-6-10)18-9-11-7-4-8-17-11/h1-3,5-6,11-12H,4,7-9,14H2,(H,15,16). The first-order valence-electron chi connectivity index (χ1n) is 6.10. The second-order valence-electron chi connectivity index (χ2n) is 4.27. The summed E-state index contributed by atoms with van der Waals surface area (Å²) in [5, 5.41) is -0.264. The molecule has 18 heavy (non-hydrogen) atoms. The predicted molar refractivity (Wildman–Crippen MR) is 72.9 cm³/mol. The molecule has 2 rings (SSSR count). The van der Waals surface area contributed by atoms with Crippen molar-refractivity contribution >= 4 is 17.7 Å². The van der Waals surface area contributed by atoms with E-state index in [0.29, 0.717) is 0 Å². The Bertz CT molecular complexity index is 380. The van der Waals surface area contributed by atoms with Crippen molar-refractivity contribution in [2.45, 2.75) is 24.2 Å². The van der Waals surface area contributed by atoms with Crippen LogP contribution in [0.25, 0.3) is 0 Å². The fourth-order valence-electron chi connectivity index (χ4n) is 2.01. The molecular formula is C13H18N2O2S. The van der Waals surface area contributed by atoms with Gasteiger partial charge in [-0.15, -0.1) is 11.8 Å². The smallest absolute Gasteiger partial charge is 0.251 e. The number of carbonyl (C=O) groups excluding carboxylic acids is 1. The summed E-state index contributed by atoms with van der Waals surface area (Å²) in [6.07, 6.45) is 2.47. The molecule has 1 aliphatic heterocycles. The zero-order chi connectivity index (χ0) is 12.8. The van der Waals surface area contributed by atoms with E-state index in [1.807, 2.05) is 30.3 Å². The van der Waals surface area contributed by atoms with Crippen LogP contribution in [-0.4, -0.2) is 24.4 Å². The molecule has 2 atom stereocenters. The van der Waals surface area contributed by atoms with Crippen LogP contribution >= 0.6 is 11.8 Å². The Morgan fingerprint density at radius 3 is 2.89 bits per heavy atom. The Morgan fingerprint density at radius 2 is 2.28 bits per heavy atom. The normalized spacial score (nSPS) is 20.6. The van der Waals surface area contributed by atoms with E-state index in [4.69, 9.17) is 10.6 Å². The SMILES string of the molecule is NNC(=O)C(SCC1CCCO1)c1ccccc1. The van der Waals surface area contributed by atoms with Crippen LogP contribution in [0, 0.1) is 0 Å². The molecule has 4 nitrogen and oxygen atoms in total. The lowest BCUT2D eigenvalue weighted by Gasteiger charge is -2.17. The van der Waals surface area contributed by atoms with E-state index in [2.05, 4.69) is 5.43 Å². The number of hydrogen-bond acceptors (Lipinski definition) is 4. The zero-order valence-electron chi connectivity index (χ0n) is 10.2. The number of amides is 1. The largest absolute Gasteiger partial charge is 0.377 e. The first kappa shape index (κ1) is 13.4. The van der Waals surface area contributed by atoms with Gasteiger partial charge in [-0.05, 0) is 18.4 Å². The highest BCUT2D eigenvalue weighted by Gasteiger charge is 2.23. The number of carbonyl (C=O) groups is 1. The molecule has 1 aromatic rings. The average Bonchev–Trinajstić information content (AvgIpc) is 2.93. The van der Waals surface area contributed by atoms with Gasteiger partial charge in [0.05, 0.1) is 6.10 Å². The lowest BCUT2D eigenvalue weighted by Crippen LogP contribution is -2.34. The van der Waals surface area contributed by atoms with Gasteiger partial charge in [-0.1, -0.05) is 30.3 Å². The number of ether oxygens (including phenoxy) is 1. The molecule has 1 fully saturated rings. The number of hydrazine groups is 1. The molecule has 0 spiro atoms. The minimum Gasteiger partial charge on any atom is -0.377 e. The molecule has 1 aromatic carbocycles. The van der Waals surface area contributed by atoms with Gasteiger partial charge < -0.3 is 4.74 Å². The molecule has 98 valence electrons. The fraction of sp³-hybridized carbons (Fsp3) is 0.462. The number of nitrogens with two attached hydrogens (primary N) is 1. The lowest BCUT2D eigenvalue weighted by atomic mass is 10.1. The zero-order valence-corrected chi connectivity index (χ0v) is 11.0. The summed E-state index contributed by atoms with van der Waals surface area (Å²) in [5.41, 5.74) is 3.21. The highest BCUT2D eigenvalue weighted by Crippen LogP contribution is 2.31. The Balaban J connectivity index is 1.99. The third-order valence-electron chi connectivity index (χ3n) is 2.96. The van der Waals surface area contributed by atoms with E-state index in [-0.39, 0.29) is 17.3 Å². The Kier molecular flexibility index (Phi) is 5.04. The molecular weight excluding hydrogens is 248 g/mol. The van der Waals surface area contributed by atoms with E-state index in [0.717, 1.165) is 30.8 Å². The second-order valence-corrected chi connectivity index (χ2v) is 5.41. The molecule has 0 saturated carbocycles. The van der Waals surface area contributed by atoms with Crippen molar-refractivity contribution < 1.29 is 9.53 Å². The predicted octanol–water partition coefficient (Wildman–Crippen LogP) is 1.63. The molecule has 0 aliphatic carbocycles. The molecule has 1 amide bonds. The second kappa shape index (κ2) is 6.78. The van der Waals surface area contributed by atoms with Gasteiger partial charge in [-0.3, -0.25) is 10.2 Å². The first-order valence-corrected chi connectivity index (χ1v) is 7.14. The van der Waals surface area contributed by atoms with Crippen molar-refractivity contribution in [2.75, 3.05) is 12.4 Å². The van der Waals surface area contributed by atoms with E-state index < -0.39 is 0 Å². The van der Waals surface area contributed by atoms with Crippen molar-refractivity contribution in [3.8, 4) is 0 Å². The highest BCUT2D eigenvalue weighted by molar-refractivity contribution is 8.00. The van der Waals surface area contributed by atoms with Crippen molar-refractivity contribution in [1.82, 2.24) is 5.43 Å². The monoisotopic (exact) mass is 266 g/mol. The minimum atomic E-state index is -0.264. The lowest BCUT2D eigenvalue weighted by molar-refractivity contribution is -0.120. The Hall–Kier alpha value is -1.04. The van der Waals surface area contributed by atoms with Crippen LogP contribution in [0.2, 0.25) is 0 Å². The van der Waals surface area contributed by atoms with E-state index in [9.17, 15) is 4.79 Å². The number of rotatable bonds is 5. The van der Waals surface area contributed by atoms with E-state index in [1.54, 1.807) is 11.8 Å². The summed E-state index contributed by atoms with van der Waals surface area (Å²) in [4.78, 5) is 11.8. The van der Waals surface area contributed by atoms with Crippen LogP contribution in [0.4, 0.5) is 0 Å². The summed E-state index contributed by atoms with van der Waals surface area (Å²) in [5.74, 6) is 5.91. The summed E-state index contributed by atoms with van der Waals surface area (Å²) >= 11 is 1.59. The molecule has 3 N–H and O–H groups in total. The molecule has 1 heterocycles. The van der Waals surface area contributed by atoms with Crippen molar-refractivity contribution in [1.29, 1.82) is 0 Å². The van der Waals surface area contributed by atoms with Gasteiger partial charge in [0.1, 0.15) is 5.25 Å². The first-order chi connectivity index (χ1) is 8.81. The molecule has 1 saturated heterocycles. The van der Waals surface area contributed by atoms with Gasteiger partial charge in [-0.2, -0.15) is 0 Å². The van der Waals surface area contributed by atoms with Crippen molar-refractivity contribution in [2.24, 2.45) is 5.84 Å². The highest BCUT2D eigenvalue weighted by atomic mass is 32.2. The summed E-state index contributed by atoms with van der Waals surface area (Å²) in [7, 11) is 0. The Morgan fingerprint density at radius 1 is 1.50 bits per heavy atom. The third-order valence-corrected chi connectivity index (χ3v) is 4.34. The number of nitrogens with one attached hydrogen (secondary N) is 1. The summed E-state index contributed by atoms with van der Waals surface area (Å²) < 4.78 is 5.57. The van der Waals surface area contributed by atoms with E-state index >= 15 is 0 Å². The maximum atomic E-state index is 11.8. The Labute approximate surface area is 111 Å². The van der Waals surface area contributed by atoms with Gasteiger partial charge >= 0.3 is 0 Å². The van der Waals surface area contributed by atoms with Gasteiger partial charge in [0.15, 0.2) is 0 Å². The molecule has 2 unspecified atom stereocenters. The van der Waals surface area contributed by atoms with Gasteiger partial charge in [0.2, 0.25) is 0 Å². The molecule has 0 radical (unpaired) electrons. The minimum absolute atomic E-state index is 0.163. The van der Waals surface area contributed by atoms with Crippen molar-refractivity contribution in [3.05, 3.63) is 35.9 Å². The number of benzene rings is 1. The van der Waals surface area contributed by atoms with Crippen LogP contribution in [0.5, 0.6) is 0 Å². The maximum Gasteiger partial charge on any atom is 0.251 e. The van der Waals surface area contributed by atoms with Gasteiger partial charge in [0, 0.05) is 12.4 Å². The summed E-state index contributed by atoms with van der Waals surface area (Å²) in [6.45, 7) is 0.838. The van der Waals surface area contributed by atoms with Crippen LogP contribution < -0.4 is 11.3 Å². The van der Waals surface area contributed by atoms with Crippen LogP contribution in [0.15, 0.2) is 30.3 Å². The van der Waals surface area contributed by atoms with E-state index in [1.165, 1.54) is 0 Å². The average molecular weight is 266 g/mol. The van der Waals surface area contributed by atoms with Gasteiger partial charge in [-0.25, -0.2) is 5.84 Å². The maximum absolute atomic E-state index is 11.8. The molecule has 1 aliphatic rings. The molecule has 5 heteroatoms. The molecule has 0 aromatic heterocycles. The summed E-state index contributed by atoms with van der Waals surface area (Å²) in [6, 6.07) is 9.69. The van der Waals surface area contributed by atoms with Crippen molar-refractivity contribution in [3.63, 3.8) is 0 Å². The van der Waals surface area contributed by atoms with Crippen LogP contribution in [-0.2, 0) is 9.53 Å². The third kappa shape index (κ3) is 3.48. The topological polar surface area (TPSA) is 64.3 Å². The van der Waals surface area contributed by atoms with Crippen LogP contribution in [0.1, 0.15) is 23.7 Å². The fourth-order valence-corrected chi connectivity index (χ4v) is 3.25.